The molecule has 2 fully saturated rings. The van der Waals surface area contributed by atoms with Crippen LogP contribution in [0.5, 0.6) is 0 Å². The average molecular weight is 245 g/mol. The Morgan fingerprint density at radius 2 is 2.22 bits per heavy atom. The highest BCUT2D eigenvalue weighted by atomic mass is 15.3. The first-order valence-electron chi connectivity index (χ1n) is 7.07. The fourth-order valence-electron chi connectivity index (χ4n) is 3.41. The Morgan fingerprint density at radius 3 is 3.06 bits per heavy atom. The Kier molecular flexibility index (Phi) is 3.27. The predicted octanol–water partition coefficient (Wildman–Crippen LogP) is 1.82. The van der Waals surface area contributed by atoms with Crippen LogP contribution in [0.15, 0.2) is 24.3 Å². The molecule has 2 N–H and O–H groups in total. The number of nitrogens with zero attached hydrogens (tertiary/aromatic N) is 2. The van der Waals surface area contributed by atoms with Gasteiger partial charge in [0.2, 0.25) is 0 Å². The standard InChI is InChI=1S/C15H23N3/c1-12-10-17-7-3-6-15(17)11-18(12)14-5-2-4-13(8-14)9-16/h2,4-5,8,12,15H,3,6-7,9-11,16H2,1H3. The Bertz CT molecular complexity index is 418. The first kappa shape index (κ1) is 12.0. The van der Waals surface area contributed by atoms with Crippen molar-refractivity contribution in [2.75, 3.05) is 24.5 Å². The van der Waals surface area contributed by atoms with Crippen LogP contribution in [0.2, 0.25) is 0 Å². The highest BCUT2D eigenvalue weighted by Crippen LogP contribution is 2.28. The van der Waals surface area contributed by atoms with Gasteiger partial charge in [-0.1, -0.05) is 12.1 Å². The number of hydrogen-bond acceptors (Lipinski definition) is 3. The van der Waals surface area contributed by atoms with E-state index in [1.54, 1.807) is 0 Å². The summed E-state index contributed by atoms with van der Waals surface area (Å²) >= 11 is 0. The molecule has 2 unspecified atom stereocenters. The van der Waals surface area contributed by atoms with Crippen LogP contribution >= 0.6 is 0 Å². The smallest absolute Gasteiger partial charge is 0.0389 e. The summed E-state index contributed by atoms with van der Waals surface area (Å²) in [5.41, 5.74) is 8.32. The third kappa shape index (κ3) is 2.13. The monoisotopic (exact) mass is 245 g/mol. The Labute approximate surface area is 110 Å². The molecular formula is C15H23N3. The summed E-state index contributed by atoms with van der Waals surface area (Å²) in [6.07, 6.45) is 2.73. The first-order valence-corrected chi connectivity index (χ1v) is 7.07. The van der Waals surface area contributed by atoms with E-state index >= 15 is 0 Å². The maximum absolute atomic E-state index is 5.74. The summed E-state index contributed by atoms with van der Waals surface area (Å²) < 4.78 is 0. The van der Waals surface area contributed by atoms with Gasteiger partial charge < -0.3 is 10.6 Å². The number of hydrogen-bond donors (Lipinski definition) is 1. The highest BCUT2D eigenvalue weighted by Gasteiger charge is 2.34. The molecule has 0 bridgehead atoms. The molecule has 18 heavy (non-hydrogen) atoms. The van der Waals surface area contributed by atoms with Crippen molar-refractivity contribution >= 4 is 5.69 Å². The van der Waals surface area contributed by atoms with Crippen LogP contribution in [0, 0.1) is 0 Å². The summed E-state index contributed by atoms with van der Waals surface area (Å²) in [5.74, 6) is 0. The van der Waals surface area contributed by atoms with E-state index in [0.717, 1.165) is 6.04 Å². The van der Waals surface area contributed by atoms with Crippen LogP contribution in [-0.4, -0.2) is 36.6 Å². The van der Waals surface area contributed by atoms with Gasteiger partial charge in [-0.2, -0.15) is 0 Å². The zero-order valence-corrected chi connectivity index (χ0v) is 11.2. The largest absolute Gasteiger partial charge is 0.366 e. The minimum Gasteiger partial charge on any atom is -0.366 e. The quantitative estimate of drug-likeness (QED) is 0.862. The minimum atomic E-state index is 0.604. The lowest BCUT2D eigenvalue weighted by Crippen LogP contribution is -2.55. The molecule has 2 aliphatic rings. The van der Waals surface area contributed by atoms with E-state index in [4.69, 9.17) is 5.73 Å². The van der Waals surface area contributed by atoms with Crippen LogP contribution in [0.25, 0.3) is 0 Å². The molecule has 3 heteroatoms. The lowest BCUT2D eigenvalue weighted by atomic mass is 10.1. The van der Waals surface area contributed by atoms with Crippen LogP contribution in [0.4, 0.5) is 5.69 Å². The van der Waals surface area contributed by atoms with E-state index < -0.39 is 0 Å². The normalized spacial score (nSPS) is 28.4. The average Bonchev–Trinajstić information content (AvgIpc) is 2.85. The topological polar surface area (TPSA) is 32.5 Å². The van der Waals surface area contributed by atoms with Crippen molar-refractivity contribution in [1.29, 1.82) is 0 Å². The number of anilines is 1. The zero-order valence-electron chi connectivity index (χ0n) is 11.2. The molecule has 2 aliphatic heterocycles. The van der Waals surface area contributed by atoms with Crippen LogP contribution in [-0.2, 0) is 6.54 Å². The Balaban J connectivity index is 1.81. The Hall–Kier alpha value is -1.06. The molecule has 0 aromatic heterocycles. The molecule has 0 spiro atoms. The van der Waals surface area contributed by atoms with Gasteiger partial charge in [0.15, 0.2) is 0 Å². The number of nitrogens with two attached hydrogens (primary N) is 1. The summed E-state index contributed by atoms with van der Waals surface area (Å²) in [6, 6.07) is 10.1. The van der Waals surface area contributed by atoms with Gasteiger partial charge in [-0.05, 0) is 44.0 Å². The van der Waals surface area contributed by atoms with Gasteiger partial charge in [0, 0.05) is 37.4 Å². The summed E-state index contributed by atoms with van der Waals surface area (Å²) in [7, 11) is 0. The van der Waals surface area contributed by atoms with Crippen molar-refractivity contribution in [3.63, 3.8) is 0 Å². The van der Waals surface area contributed by atoms with Gasteiger partial charge in [0.25, 0.3) is 0 Å². The minimum absolute atomic E-state index is 0.604. The second-order valence-electron chi connectivity index (χ2n) is 5.67. The van der Waals surface area contributed by atoms with Crippen molar-refractivity contribution in [2.24, 2.45) is 5.73 Å². The second-order valence-corrected chi connectivity index (χ2v) is 5.67. The molecule has 2 atom stereocenters. The van der Waals surface area contributed by atoms with E-state index in [2.05, 4.69) is 41.0 Å². The van der Waals surface area contributed by atoms with Gasteiger partial charge in [0.1, 0.15) is 0 Å². The molecule has 0 amide bonds. The fraction of sp³-hybridized carbons (Fsp3) is 0.600. The lowest BCUT2D eigenvalue weighted by Gasteiger charge is -2.43. The van der Waals surface area contributed by atoms with E-state index in [-0.39, 0.29) is 0 Å². The summed E-state index contributed by atoms with van der Waals surface area (Å²) in [6.45, 7) is 6.65. The van der Waals surface area contributed by atoms with Crippen molar-refractivity contribution in [3.05, 3.63) is 29.8 Å². The molecule has 2 saturated heterocycles. The van der Waals surface area contributed by atoms with E-state index in [9.17, 15) is 0 Å². The molecule has 3 nitrogen and oxygen atoms in total. The lowest BCUT2D eigenvalue weighted by molar-refractivity contribution is 0.203. The Morgan fingerprint density at radius 1 is 1.33 bits per heavy atom. The molecule has 0 radical (unpaired) electrons. The number of rotatable bonds is 2. The van der Waals surface area contributed by atoms with Crippen LogP contribution < -0.4 is 10.6 Å². The third-order valence-electron chi connectivity index (χ3n) is 4.42. The van der Waals surface area contributed by atoms with Gasteiger partial charge in [-0.25, -0.2) is 0 Å². The molecule has 0 saturated carbocycles. The van der Waals surface area contributed by atoms with E-state index in [1.165, 1.54) is 43.7 Å². The number of piperazine rings is 1. The van der Waals surface area contributed by atoms with Gasteiger partial charge in [-0.3, -0.25) is 4.90 Å². The molecule has 1 aromatic carbocycles. The zero-order chi connectivity index (χ0) is 12.5. The SMILES string of the molecule is CC1CN2CCCC2CN1c1cccc(CN)c1. The van der Waals surface area contributed by atoms with Crippen molar-refractivity contribution in [1.82, 2.24) is 4.90 Å². The second kappa shape index (κ2) is 4.90. The van der Waals surface area contributed by atoms with Crippen molar-refractivity contribution in [2.45, 2.75) is 38.4 Å². The van der Waals surface area contributed by atoms with E-state index in [0.29, 0.717) is 12.6 Å². The van der Waals surface area contributed by atoms with Crippen LogP contribution in [0.1, 0.15) is 25.3 Å². The molecule has 3 rings (SSSR count). The number of benzene rings is 1. The molecule has 2 heterocycles. The molecular weight excluding hydrogens is 222 g/mol. The first-order chi connectivity index (χ1) is 8.78. The van der Waals surface area contributed by atoms with Crippen LogP contribution in [0.3, 0.4) is 0 Å². The maximum Gasteiger partial charge on any atom is 0.0389 e. The highest BCUT2D eigenvalue weighted by molar-refractivity contribution is 5.50. The van der Waals surface area contributed by atoms with Gasteiger partial charge in [0.05, 0.1) is 0 Å². The summed E-state index contributed by atoms with van der Waals surface area (Å²) in [5, 5.41) is 0. The fourth-order valence-corrected chi connectivity index (χ4v) is 3.41. The molecule has 0 aliphatic carbocycles. The third-order valence-corrected chi connectivity index (χ3v) is 4.42. The number of fused-ring (bicyclic) bond motifs is 1. The van der Waals surface area contributed by atoms with Crippen molar-refractivity contribution < 1.29 is 0 Å². The molecule has 98 valence electrons. The molecule has 1 aromatic rings. The van der Waals surface area contributed by atoms with Gasteiger partial charge >= 0.3 is 0 Å². The van der Waals surface area contributed by atoms with E-state index in [1.807, 2.05) is 0 Å². The van der Waals surface area contributed by atoms with Gasteiger partial charge in [-0.15, -0.1) is 0 Å². The summed E-state index contributed by atoms with van der Waals surface area (Å²) in [4.78, 5) is 5.22. The predicted molar refractivity (Wildman–Crippen MR) is 75.7 cm³/mol. The van der Waals surface area contributed by atoms with Crippen molar-refractivity contribution in [3.8, 4) is 0 Å². The maximum atomic E-state index is 5.74.